The highest BCUT2D eigenvalue weighted by Crippen LogP contribution is 2.41. The fourth-order valence-electron chi connectivity index (χ4n) is 2.48. The van der Waals surface area contributed by atoms with E-state index in [0.717, 1.165) is 18.6 Å². The van der Waals surface area contributed by atoms with Crippen molar-refractivity contribution in [3.05, 3.63) is 35.4 Å². The maximum Gasteiger partial charge on any atom is 0.416 e. The van der Waals surface area contributed by atoms with Crippen molar-refractivity contribution in [3.63, 3.8) is 0 Å². The van der Waals surface area contributed by atoms with E-state index in [1.54, 1.807) is 0 Å². The van der Waals surface area contributed by atoms with Crippen LogP contribution in [0.15, 0.2) is 24.3 Å². The van der Waals surface area contributed by atoms with E-state index < -0.39 is 17.4 Å². The van der Waals surface area contributed by atoms with Crippen molar-refractivity contribution in [2.45, 2.75) is 43.6 Å². The molecule has 1 saturated carbocycles. The van der Waals surface area contributed by atoms with Crippen molar-refractivity contribution >= 4 is 0 Å². The molecule has 0 spiro atoms. The Morgan fingerprint density at radius 2 is 1.78 bits per heavy atom. The Labute approximate surface area is 103 Å². The smallest absolute Gasteiger partial charge is 0.328 e. The summed E-state index contributed by atoms with van der Waals surface area (Å²) in [5.74, 6) is 0. The minimum Gasteiger partial charge on any atom is -0.328 e. The van der Waals surface area contributed by atoms with Gasteiger partial charge in [0.2, 0.25) is 0 Å². The van der Waals surface area contributed by atoms with Gasteiger partial charge in [-0.1, -0.05) is 12.1 Å². The topological polar surface area (TPSA) is 26.0 Å². The summed E-state index contributed by atoms with van der Waals surface area (Å²) in [5, 5.41) is 0. The molecule has 2 unspecified atom stereocenters. The first-order valence-electron chi connectivity index (χ1n) is 5.93. The van der Waals surface area contributed by atoms with Gasteiger partial charge < -0.3 is 5.73 Å². The molecule has 2 atom stereocenters. The quantitative estimate of drug-likeness (QED) is 0.765. The molecule has 1 fully saturated rings. The average Bonchev–Trinajstić information content (AvgIpc) is 2.28. The second-order valence-electron chi connectivity index (χ2n) is 4.90. The molecule has 0 amide bonds. The van der Waals surface area contributed by atoms with Crippen LogP contribution in [-0.2, 0) is 11.8 Å². The molecule has 0 saturated heterocycles. The van der Waals surface area contributed by atoms with Crippen LogP contribution in [0.4, 0.5) is 17.6 Å². The van der Waals surface area contributed by atoms with Crippen LogP contribution in [0.25, 0.3) is 0 Å². The maximum atomic E-state index is 14.6. The van der Waals surface area contributed by atoms with E-state index in [4.69, 9.17) is 5.73 Å². The third kappa shape index (κ3) is 2.66. The molecule has 1 aliphatic carbocycles. The number of halogens is 4. The van der Waals surface area contributed by atoms with Gasteiger partial charge >= 0.3 is 6.18 Å². The Hall–Kier alpha value is -1.10. The number of hydrogen-bond acceptors (Lipinski definition) is 1. The second kappa shape index (κ2) is 4.53. The van der Waals surface area contributed by atoms with Crippen molar-refractivity contribution in [3.8, 4) is 0 Å². The summed E-state index contributed by atoms with van der Waals surface area (Å²) in [6.45, 7) is 0. The molecule has 5 heteroatoms. The molecule has 0 radical (unpaired) electrons. The van der Waals surface area contributed by atoms with Crippen molar-refractivity contribution in [1.29, 1.82) is 0 Å². The summed E-state index contributed by atoms with van der Waals surface area (Å²) in [5.41, 5.74) is 3.69. The highest BCUT2D eigenvalue weighted by Gasteiger charge is 2.37. The van der Waals surface area contributed by atoms with Crippen molar-refractivity contribution in [2.75, 3.05) is 0 Å². The zero-order valence-electron chi connectivity index (χ0n) is 9.80. The van der Waals surface area contributed by atoms with Crippen LogP contribution < -0.4 is 5.73 Å². The summed E-state index contributed by atoms with van der Waals surface area (Å²) < 4.78 is 51.8. The number of nitrogens with two attached hydrogens (primary N) is 1. The predicted octanol–water partition coefficient (Wildman–Crippen LogP) is 3.77. The van der Waals surface area contributed by atoms with Gasteiger partial charge in [-0.2, -0.15) is 13.2 Å². The molecule has 2 rings (SSSR count). The van der Waals surface area contributed by atoms with Gasteiger partial charge in [-0.15, -0.1) is 0 Å². The van der Waals surface area contributed by atoms with Crippen LogP contribution in [0.3, 0.4) is 0 Å². The maximum absolute atomic E-state index is 14.6. The average molecular weight is 261 g/mol. The number of rotatable bonds is 1. The predicted molar refractivity (Wildman–Crippen MR) is 60.7 cm³/mol. The molecule has 0 bridgehead atoms. The van der Waals surface area contributed by atoms with E-state index in [0.29, 0.717) is 18.4 Å². The molecule has 1 aromatic rings. The normalized spacial score (nSPS) is 29.3. The fraction of sp³-hybridized carbons (Fsp3) is 0.538. The lowest BCUT2D eigenvalue weighted by Gasteiger charge is -2.33. The van der Waals surface area contributed by atoms with Gasteiger partial charge in [-0.05, 0) is 37.0 Å². The van der Waals surface area contributed by atoms with Crippen LogP contribution in [0.5, 0.6) is 0 Å². The molecule has 0 aliphatic heterocycles. The summed E-state index contributed by atoms with van der Waals surface area (Å²) >= 11 is 0. The fourth-order valence-corrected chi connectivity index (χ4v) is 2.48. The van der Waals surface area contributed by atoms with Gasteiger partial charge in [0.15, 0.2) is 0 Å². The largest absolute Gasteiger partial charge is 0.416 e. The van der Waals surface area contributed by atoms with Crippen LogP contribution in [0, 0.1) is 0 Å². The first-order chi connectivity index (χ1) is 8.31. The van der Waals surface area contributed by atoms with E-state index >= 15 is 0 Å². The van der Waals surface area contributed by atoms with Crippen LogP contribution in [0.1, 0.15) is 36.8 Å². The van der Waals surface area contributed by atoms with Gasteiger partial charge in [0.05, 0.1) is 5.56 Å². The Morgan fingerprint density at radius 3 is 2.28 bits per heavy atom. The summed E-state index contributed by atoms with van der Waals surface area (Å²) in [4.78, 5) is 0. The number of hydrogen-bond donors (Lipinski definition) is 1. The van der Waals surface area contributed by atoms with Gasteiger partial charge in [-0.25, -0.2) is 4.39 Å². The van der Waals surface area contributed by atoms with Crippen molar-refractivity contribution in [1.82, 2.24) is 0 Å². The molecule has 100 valence electrons. The van der Waals surface area contributed by atoms with Gasteiger partial charge in [0, 0.05) is 12.5 Å². The molecule has 18 heavy (non-hydrogen) atoms. The first-order valence-corrected chi connectivity index (χ1v) is 5.93. The third-order valence-electron chi connectivity index (χ3n) is 3.46. The third-order valence-corrected chi connectivity index (χ3v) is 3.46. The molecular formula is C13H15F4N. The minimum absolute atomic E-state index is 0.179. The summed E-state index contributed by atoms with van der Waals surface area (Å²) in [6.07, 6.45) is -2.44. The van der Waals surface area contributed by atoms with E-state index in [9.17, 15) is 17.6 Å². The lowest BCUT2D eigenvalue weighted by Crippen LogP contribution is -2.36. The Balaban J connectivity index is 2.23. The minimum atomic E-state index is -4.38. The lowest BCUT2D eigenvalue weighted by molar-refractivity contribution is -0.137. The van der Waals surface area contributed by atoms with Crippen molar-refractivity contribution in [2.24, 2.45) is 5.73 Å². The van der Waals surface area contributed by atoms with Gasteiger partial charge in [-0.3, -0.25) is 0 Å². The van der Waals surface area contributed by atoms with Crippen LogP contribution in [0.2, 0.25) is 0 Å². The monoisotopic (exact) mass is 261 g/mol. The van der Waals surface area contributed by atoms with Gasteiger partial charge in [0.25, 0.3) is 0 Å². The Kier molecular flexibility index (Phi) is 3.36. The SMILES string of the molecule is NC1CCCC(F)(c2ccc(C(F)(F)F)cc2)C1. The Morgan fingerprint density at radius 1 is 1.17 bits per heavy atom. The zero-order valence-corrected chi connectivity index (χ0v) is 9.80. The number of benzene rings is 1. The van der Waals surface area contributed by atoms with E-state index in [1.807, 2.05) is 0 Å². The molecule has 0 heterocycles. The molecular weight excluding hydrogens is 246 g/mol. The lowest BCUT2D eigenvalue weighted by atomic mass is 9.79. The summed E-state index contributed by atoms with van der Waals surface area (Å²) in [6, 6.07) is 4.08. The van der Waals surface area contributed by atoms with Crippen LogP contribution >= 0.6 is 0 Å². The highest BCUT2D eigenvalue weighted by atomic mass is 19.4. The molecule has 1 aliphatic rings. The molecule has 0 aromatic heterocycles. The van der Waals surface area contributed by atoms with E-state index in [1.165, 1.54) is 12.1 Å². The van der Waals surface area contributed by atoms with Crippen molar-refractivity contribution < 1.29 is 17.6 Å². The van der Waals surface area contributed by atoms with E-state index in [-0.39, 0.29) is 12.5 Å². The molecule has 1 nitrogen and oxygen atoms in total. The number of alkyl halides is 4. The summed E-state index contributed by atoms with van der Waals surface area (Å²) in [7, 11) is 0. The molecule has 1 aromatic carbocycles. The Bertz CT molecular complexity index is 412. The molecule has 2 N–H and O–H groups in total. The van der Waals surface area contributed by atoms with E-state index in [2.05, 4.69) is 0 Å². The van der Waals surface area contributed by atoms with Gasteiger partial charge in [0.1, 0.15) is 5.67 Å². The highest BCUT2D eigenvalue weighted by molar-refractivity contribution is 5.29. The zero-order chi connectivity index (χ0) is 13.4. The first kappa shape index (κ1) is 13.3. The second-order valence-corrected chi connectivity index (χ2v) is 4.90. The van der Waals surface area contributed by atoms with Crippen LogP contribution in [-0.4, -0.2) is 6.04 Å². The standard InChI is InChI=1S/C13H15F4N/c14-12(7-1-2-11(18)8-12)9-3-5-10(6-4-9)13(15,16)17/h3-6,11H,1-2,7-8,18H2.